The van der Waals surface area contributed by atoms with Gasteiger partial charge >= 0.3 is 0 Å². The van der Waals surface area contributed by atoms with Crippen LogP contribution in [0.5, 0.6) is 0 Å². The molecule has 1 saturated heterocycles. The van der Waals surface area contributed by atoms with E-state index in [0.717, 1.165) is 13.1 Å². The Bertz CT molecular complexity index is 1010. The van der Waals surface area contributed by atoms with Gasteiger partial charge in [-0.15, -0.1) is 0 Å². The van der Waals surface area contributed by atoms with Gasteiger partial charge < -0.3 is 14.9 Å². The fourth-order valence-electron chi connectivity index (χ4n) is 3.81. The lowest BCUT2D eigenvalue weighted by Gasteiger charge is -2.28. The third-order valence-electron chi connectivity index (χ3n) is 5.54. The number of hydrogen-bond acceptors (Lipinski definition) is 6. The van der Waals surface area contributed by atoms with Gasteiger partial charge in [-0.05, 0) is 18.7 Å². The van der Waals surface area contributed by atoms with Crippen molar-refractivity contribution in [3.63, 3.8) is 0 Å². The molecule has 3 rings (SSSR count). The third kappa shape index (κ3) is 4.49. The molecule has 31 heavy (non-hydrogen) atoms. The van der Waals surface area contributed by atoms with Crippen LogP contribution in [0.25, 0.3) is 5.76 Å². The van der Waals surface area contributed by atoms with Gasteiger partial charge in [0.2, 0.25) is 0 Å². The quantitative estimate of drug-likeness (QED) is 0.230. The molecule has 0 aromatic heterocycles. The number of aliphatic hydroxyl groups is 1. The molecular formula is C23H25N3O5. The number of likely N-dealkylation sites (N-methyl/N-ethyl adjacent to an activating group) is 1. The molecular weight excluding hydrogens is 398 g/mol. The van der Waals surface area contributed by atoms with Gasteiger partial charge in [0, 0.05) is 30.8 Å². The van der Waals surface area contributed by atoms with Gasteiger partial charge in [-0.2, -0.15) is 0 Å². The normalized spacial score (nSPS) is 18.0. The van der Waals surface area contributed by atoms with E-state index in [-0.39, 0.29) is 23.6 Å². The van der Waals surface area contributed by atoms with Crippen LogP contribution in [-0.4, -0.2) is 57.7 Å². The maximum atomic E-state index is 13.0. The van der Waals surface area contributed by atoms with Crippen molar-refractivity contribution in [3.8, 4) is 0 Å². The Morgan fingerprint density at radius 2 is 1.77 bits per heavy atom. The molecule has 0 bridgehead atoms. The predicted octanol–water partition coefficient (Wildman–Crippen LogP) is 3.36. The average molecular weight is 423 g/mol. The summed E-state index contributed by atoms with van der Waals surface area (Å²) in [6.07, 6.45) is 0. The van der Waals surface area contributed by atoms with Crippen LogP contribution in [0, 0.1) is 10.1 Å². The van der Waals surface area contributed by atoms with Crippen molar-refractivity contribution in [1.29, 1.82) is 0 Å². The van der Waals surface area contributed by atoms with Gasteiger partial charge in [-0.25, -0.2) is 0 Å². The Balaban J connectivity index is 2.13. The number of likely N-dealkylation sites (tertiary alicyclic amines) is 1. The molecule has 8 nitrogen and oxygen atoms in total. The van der Waals surface area contributed by atoms with E-state index in [9.17, 15) is 24.8 Å². The summed E-state index contributed by atoms with van der Waals surface area (Å²) in [5.74, 6) is -1.81. The molecule has 1 aliphatic heterocycles. The molecule has 162 valence electrons. The zero-order chi connectivity index (χ0) is 22.5. The molecule has 1 fully saturated rings. The molecule has 8 heteroatoms. The monoisotopic (exact) mass is 423 g/mol. The summed E-state index contributed by atoms with van der Waals surface area (Å²) >= 11 is 0. The fourth-order valence-corrected chi connectivity index (χ4v) is 3.81. The summed E-state index contributed by atoms with van der Waals surface area (Å²) in [6.45, 7) is 6.37. The number of aliphatic hydroxyl groups excluding tert-OH is 1. The molecule has 1 N–H and O–H groups in total. The van der Waals surface area contributed by atoms with Crippen LogP contribution in [0.1, 0.15) is 31.0 Å². The Kier molecular flexibility index (Phi) is 6.81. The zero-order valence-corrected chi connectivity index (χ0v) is 17.5. The van der Waals surface area contributed by atoms with Gasteiger partial charge in [0.1, 0.15) is 5.76 Å². The number of benzene rings is 2. The Morgan fingerprint density at radius 3 is 2.39 bits per heavy atom. The smallest absolute Gasteiger partial charge is 0.295 e. The number of Topliss-reactive ketones (excluding diaryl/α,β-unsaturated/α-hetero) is 1. The number of rotatable bonds is 8. The highest BCUT2D eigenvalue weighted by Gasteiger charge is 2.46. The summed E-state index contributed by atoms with van der Waals surface area (Å²) in [5.41, 5.74) is 0.605. The minimum absolute atomic E-state index is 0.0590. The SMILES string of the molecule is CCN(CC)CCN1C(=O)C(=O)C(=C(O)c2ccccc2)C1c1cccc([N+](=O)[O-])c1. The van der Waals surface area contributed by atoms with Crippen LogP contribution in [0.2, 0.25) is 0 Å². The Hall–Kier alpha value is -3.52. The predicted molar refractivity (Wildman–Crippen MR) is 116 cm³/mol. The second-order valence-corrected chi connectivity index (χ2v) is 7.24. The summed E-state index contributed by atoms with van der Waals surface area (Å²) in [6, 6.07) is 13.4. The van der Waals surface area contributed by atoms with Gasteiger partial charge in [-0.3, -0.25) is 19.7 Å². The van der Waals surface area contributed by atoms with Gasteiger partial charge in [0.15, 0.2) is 0 Å². The molecule has 2 aromatic rings. The molecule has 1 heterocycles. The highest BCUT2D eigenvalue weighted by molar-refractivity contribution is 6.46. The van der Waals surface area contributed by atoms with E-state index >= 15 is 0 Å². The average Bonchev–Trinajstić information content (AvgIpc) is 3.05. The van der Waals surface area contributed by atoms with Crippen molar-refractivity contribution in [2.24, 2.45) is 0 Å². The number of amides is 1. The number of nitrogens with zero attached hydrogens (tertiary/aromatic N) is 3. The van der Waals surface area contributed by atoms with Crippen LogP contribution in [-0.2, 0) is 9.59 Å². The van der Waals surface area contributed by atoms with Gasteiger partial charge in [0.25, 0.3) is 17.4 Å². The minimum atomic E-state index is -0.907. The Labute approximate surface area is 180 Å². The molecule has 0 saturated carbocycles. The highest BCUT2D eigenvalue weighted by Crippen LogP contribution is 2.40. The number of nitro benzene ring substituents is 1. The van der Waals surface area contributed by atoms with Crippen molar-refractivity contribution in [2.75, 3.05) is 26.2 Å². The summed E-state index contributed by atoms with van der Waals surface area (Å²) < 4.78 is 0. The van der Waals surface area contributed by atoms with E-state index < -0.39 is 22.7 Å². The molecule has 1 amide bonds. The third-order valence-corrected chi connectivity index (χ3v) is 5.54. The van der Waals surface area contributed by atoms with E-state index in [0.29, 0.717) is 17.7 Å². The number of nitro groups is 1. The lowest BCUT2D eigenvalue weighted by molar-refractivity contribution is -0.384. The largest absolute Gasteiger partial charge is 0.507 e. The van der Waals surface area contributed by atoms with Crippen LogP contribution in [0.4, 0.5) is 5.69 Å². The molecule has 0 radical (unpaired) electrons. The first kappa shape index (κ1) is 22.2. The number of carbonyl (C=O) groups is 2. The molecule has 2 aromatic carbocycles. The van der Waals surface area contributed by atoms with E-state index in [4.69, 9.17) is 0 Å². The topological polar surface area (TPSA) is 104 Å². The lowest BCUT2D eigenvalue weighted by atomic mass is 9.95. The van der Waals surface area contributed by atoms with Crippen LogP contribution in [0.3, 0.4) is 0 Å². The van der Waals surface area contributed by atoms with Crippen LogP contribution < -0.4 is 0 Å². The van der Waals surface area contributed by atoms with Crippen molar-refractivity contribution >= 4 is 23.1 Å². The summed E-state index contributed by atoms with van der Waals surface area (Å²) in [4.78, 5) is 40.2. The van der Waals surface area contributed by atoms with Gasteiger partial charge in [-0.1, -0.05) is 56.3 Å². The minimum Gasteiger partial charge on any atom is -0.507 e. The number of hydrogen-bond donors (Lipinski definition) is 1. The molecule has 1 unspecified atom stereocenters. The van der Waals surface area contributed by atoms with E-state index in [1.54, 1.807) is 36.4 Å². The number of carbonyl (C=O) groups excluding carboxylic acids is 2. The first-order chi connectivity index (χ1) is 14.9. The number of non-ortho nitro benzene ring substituents is 1. The van der Waals surface area contributed by atoms with Crippen LogP contribution in [0.15, 0.2) is 60.2 Å². The first-order valence-electron chi connectivity index (χ1n) is 10.2. The molecule has 1 aliphatic rings. The van der Waals surface area contributed by atoms with E-state index in [2.05, 4.69) is 4.90 Å². The summed E-state index contributed by atoms with van der Waals surface area (Å²) in [5, 5.41) is 22.2. The van der Waals surface area contributed by atoms with Crippen molar-refractivity contribution in [2.45, 2.75) is 19.9 Å². The maximum absolute atomic E-state index is 13.0. The zero-order valence-electron chi connectivity index (χ0n) is 17.5. The van der Waals surface area contributed by atoms with E-state index in [1.807, 2.05) is 13.8 Å². The van der Waals surface area contributed by atoms with Gasteiger partial charge in [0.05, 0.1) is 16.5 Å². The van der Waals surface area contributed by atoms with Crippen molar-refractivity contribution < 1.29 is 19.6 Å². The Morgan fingerprint density at radius 1 is 1.10 bits per heavy atom. The second-order valence-electron chi connectivity index (χ2n) is 7.24. The first-order valence-corrected chi connectivity index (χ1v) is 10.2. The van der Waals surface area contributed by atoms with Crippen molar-refractivity contribution in [3.05, 3.63) is 81.4 Å². The highest BCUT2D eigenvalue weighted by atomic mass is 16.6. The standard InChI is InChI=1S/C23H25N3O5/c1-3-24(4-2)13-14-25-20(17-11-8-12-18(15-17)26(30)31)19(22(28)23(25)29)21(27)16-9-6-5-7-10-16/h5-12,15,20,27H,3-4,13-14H2,1-2H3. The molecule has 0 spiro atoms. The molecule has 0 aliphatic carbocycles. The fraction of sp³-hybridized carbons (Fsp3) is 0.304. The second kappa shape index (κ2) is 9.53. The van der Waals surface area contributed by atoms with Crippen LogP contribution >= 0.6 is 0 Å². The van der Waals surface area contributed by atoms with E-state index in [1.165, 1.54) is 23.1 Å². The van der Waals surface area contributed by atoms with Crippen molar-refractivity contribution in [1.82, 2.24) is 9.80 Å². The maximum Gasteiger partial charge on any atom is 0.295 e. The molecule has 1 atom stereocenters. The number of ketones is 1. The summed E-state index contributed by atoms with van der Waals surface area (Å²) in [7, 11) is 0. The lowest BCUT2D eigenvalue weighted by Crippen LogP contribution is -2.38.